The van der Waals surface area contributed by atoms with Crippen molar-refractivity contribution in [3.8, 4) is 5.75 Å². The Kier molecular flexibility index (Phi) is 5.09. The number of aromatic nitrogens is 2. The number of aliphatic hydroxyl groups is 1. The predicted molar refractivity (Wildman–Crippen MR) is 80.2 cm³/mol. The third kappa shape index (κ3) is 3.55. The summed E-state index contributed by atoms with van der Waals surface area (Å²) in [5.41, 5.74) is 1.70. The van der Waals surface area contributed by atoms with E-state index < -0.39 is 6.10 Å². The van der Waals surface area contributed by atoms with Crippen molar-refractivity contribution in [3.63, 3.8) is 0 Å². The Hall–Kier alpha value is -1.46. The zero-order valence-corrected chi connectivity index (χ0v) is 12.9. The van der Waals surface area contributed by atoms with E-state index in [0.717, 1.165) is 34.7 Å². The van der Waals surface area contributed by atoms with Crippen LogP contribution in [0.4, 0.5) is 0 Å². The van der Waals surface area contributed by atoms with Gasteiger partial charge in [-0.05, 0) is 49.5 Å². The van der Waals surface area contributed by atoms with Gasteiger partial charge in [0.05, 0.1) is 16.7 Å². The lowest BCUT2D eigenvalue weighted by atomic mass is 10.1. The fourth-order valence-corrected chi connectivity index (χ4v) is 2.73. The molecule has 0 bridgehead atoms. The van der Waals surface area contributed by atoms with Crippen LogP contribution in [0.3, 0.4) is 0 Å². The SMILES string of the molecule is CCCc1nnsc1C(O)c1cccc(OC(C)C)c1. The van der Waals surface area contributed by atoms with E-state index in [4.69, 9.17) is 4.74 Å². The Morgan fingerprint density at radius 3 is 2.85 bits per heavy atom. The van der Waals surface area contributed by atoms with Gasteiger partial charge in [0.1, 0.15) is 11.9 Å². The lowest BCUT2D eigenvalue weighted by Gasteiger charge is -2.14. The highest BCUT2D eigenvalue weighted by molar-refractivity contribution is 7.05. The van der Waals surface area contributed by atoms with Gasteiger partial charge in [0, 0.05) is 0 Å². The molecule has 0 aliphatic carbocycles. The molecule has 0 fully saturated rings. The molecule has 5 heteroatoms. The molecule has 2 aromatic rings. The Labute approximate surface area is 123 Å². The summed E-state index contributed by atoms with van der Waals surface area (Å²) in [6.45, 7) is 6.05. The Bertz CT molecular complexity index is 554. The lowest BCUT2D eigenvalue weighted by Crippen LogP contribution is -2.07. The van der Waals surface area contributed by atoms with E-state index in [9.17, 15) is 5.11 Å². The summed E-state index contributed by atoms with van der Waals surface area (Å²) in [5.74, 6) is 0.770. The molecule has 20 heavy (non-hydrogen) atoms. The van der Waals surface area contributed by atoms with Crippen LogP contribution in [0.5, 0.6) is 5.75 Å². The fraction of sp³-hybridized carbons (Fsp3) is 0.467. The molecule has 1 heterocycles. The van der Waals surface area contributed by atoms with Crippen molar-refractivity contribution in [2.24, 2.45) is 0 Å². The molecule has 0 aliphatic heterocycles. The lowest BCUT2D eigenvalue weighted by molar-refractivity contribution is 0.218. The van der Waals surface area contributed by atoms with Crippen molar-refractivity contribution in [2.45, 2.75) is 45.8 Å². The first kappa shape index (κ1) is 14.9. The van der Waals surface area contributed by atoms with Gasteiger partial charge in [0.15, 0.2) is 0 Å². The van der Waals surface area contributed by atoms with Gasteiger partial charge >= 0.3 is 0 Å². The molecule has 0 saturated heterocycles. The number of nitrogens with zero attached hydrogens (tertiary/aromatic N) is 2. The number of ether oxygens (including phenoxy) is 1. The Morgan fingerprint density at radius 2 is 2.15 bits per heavy atom. The molecule has 0 saturated carbocycles. The second kappa shape index (κ2) is 6.81. The monoisotopic (exact) mass is 292 g/mol. The van der Waals surface area contributed by atoms with Crippen molar-refractivity contribution < 1.29 is 9.84 Å². The van der Waals surface area contributed by atoms with E-state index in [-0.39, 0.29) is 6.10 Å². The first-order valence-corrected chi connectivity index (χ1v) is 7.65. The van der Waals surface area contributed by atoms with Gasteiger partial charge in [-0.2, -0.15) is 0 Å². The molecule has 1 unspecified atom stereocenters. The molecule has 1 atom stereocenters. The average Bonchev–Trinajstić information content (AvgIpc) is 2.86. The van der Waals surface area contributed by atoms with Crippen LogP contribution in [-0.4, -0.2) is 20.8 Å². The highest BCUT2D eigenvalue weighted by atomic mass is 32.1. The van der Waals surface area contributed by atoms with Crippen molar-refractivity contribution in [1.82, 2.24) is 9.59 Å². The third-order valence-electron chi connectivity index (χ3n) is 2.87. The maximum atomic E-state index is 10.5. The second-order valence-corrected chi connectivity index (χ2v) is 5.76. The molecule has 0 aliphatic rings. The zero-order chi connectivity index (χ0) is 14.5. The summed E-state index contributed by atoms with van der Waals surface area (Å²) in [6, 6.07) is 7.56. The van der Waals surface area contributed by atoms with Crippen LogP contribution in [0.1, 0.15) is 49.4 Å². The van der Waals surface area contributed by atoms with Crippen LogP contribution >= 0.6 is 11.5 Å². The smallest absolute Gasteiger partial charge is 0.120 e. The van der Waals surface area contributed by atoms with Crippen LogP contribution in [0.25, 0.3) is 0 Å². The van der Waals surface area contributed by atoms with Crippen LogP contribution in [0.2, 0.25) is 0 Å². The van der Waals surface area contributed by atoms with Gasteiger partial charge in [-0.3, -0.25) is 0 Å². The molecule has 1 aromatic carbocycles. The van der Waals surface area contributed by atoms with E-state index in [2.05, 4.69) is 16.5 Å². The largest absolute Gasteiger partial charge is 0.491 e. The fourth-order valence-electron chi connectivity index (χ4n) is 2.01. The molecular weight excluding hydrogens is 272 g/mol. The number of hydrogen-bond donors (Lipinski definition) is 1. The molecule has 1 aromatic heterocycles. The third-order valence-corrected chi connectivity index (χ3v) is 3.68. The number of benzene rings is 1. The maximum absolute atomic E-state index is 10.5. The molecular formula is C15H20N2O2S. The molecule has 4 nitrogen and oxygen atoms in total. The standard InChI is InChI=1S/C15H20N2O2S/c1-4-6-13-15(20-17-16-13)14(18)11-7-5-8-12(9-11)19-10(2)3/h5,7-10,14,18H,4,6H2,1-3H3. The van der Waals surface area contributed by atoms with Crippen molar-refractivity contribution in [1.29, 1.82) is 0 Å². The minimum atomic E-state index is -0.688. The van der Waals surface area contributed by atoms with Crippen LogP contribution < -0.4 is 4.74 Å². The van der Waals surface area contributed by atoms with Gasteiger partial charge < -0.3 is 9.84 Å². The van der Waals surface area contributed by atoms with Crippen molar-refractivity contribution >= 4 is 11.5 Å². The Morgan fingerprint density at radius 1 is 1.35 bits per heavy atom. The quantitative estimate of drug-likeness (QED) is 0.887. The molecule has 0 spiro atoms. The molecule has 2 rings (SSSR count). The van der Waals surface area contributed by atoms with E-state index in [0.29, 0.717) is 0 Å². The molecule has 0 amide bonds. The van der Waals surface area contributed by atoms with Gasteiger partial charge in [-0.25, -0.2) is 0 Å². The van der Waals surface area contributed by atoms with E-state index in [1.165, 1.54) is 11.5 Å². The van der Waals surface area contributed by atoms with Gasteiger partial charge in [-0.1, -0.05) is 30.0 Å². The van der Waals surface area contributed by atoms with Gasteiger partial charge in [0.2, 0.25) is 0 Å². The summed E-state index contributed by atoms with van der Waals surface area (Å²) in [5, 5.41) is 14.6. The maximum Gasteiger partial charge on any atom is 0.120 e. The van der Waals surface area contributed by atoms with E-state index in [1.54, 1.807) is 0 Å². The van der Waals surface area contributed by atoms with Crippen molar-refractivity contribution in [2.75, 3.05) is 0 Å². The second-order valence-electron chi connectivity index (χ2n) is 4.98. The van der Waals surface area contributed by atoms with E-state index in [1.807, 2.05) is 38.1 Å². The molecule has 108 valence electrons. The number of hydrogen-bond acceptors (Lipinski definition) is 5. The van der Waals surface area contributed by atoms with Gasteiger partial charge in [-0.15, -0.1) is 5.10 Å². The highest BCUT2D eigenvalue weighted by Crippen LogP contribution is 2.29. The number of aliphatic hydroxyl groups excluding tert-OH is 1. The van der Waals surface area contributed by atoms with Crippen LogP contribution in [0, 0.1) is 0 Å². The summed E-state index contributed by atoms with van der Waals surface area (Å²) in [6.07, 6.45) is 1.25. The topological polar surface area (TPSA) is 55.2 Å². The minimum Gasteiger partial charge on any atom is -0.491 e. The number of aryl methyl sites for hydroxylation is 1. The summed E-state index contributed by atoms with van der Waals surface area (Å²) >= 11 is 1.26. The molecule has 0 radical (unpaired) electrons. The normalized spacial score (nSPS) is 12.7. The predicted octanol–water partition coefficient (Wildman–Crippen LogP) is 3.36. The van der Waals surface area contributed by atoms with Gasteiger partial charge in [0.25, 0.3) is 0 Å². The summed E-state index contributed by atoms with van der Waals surface area (Å²) in [4.78, 5) is 0.827. The van der Waals surface area contributed by atoms with Crippen molar-refractivity contribution in [3.05, 3.63) is 40.4 Å². The van der Waals surface area contributed by atoms with Crippen LogP contribution in [-0.2, 0) is 6.42 Å². The zero-order valence-electron chi connectivity index (χ0n) is 12.0. The summed E-state index contributed by atoms with van der Waals surface area (Å²) in [7, 11) is 0. The van der Waals surface area contributed by atoms with E-state index >= 15 is 0 Å². The minimum absolute atomic E-state index is 0.114. The Balaban J connectivity index is 2.23. The molecule has 1 N–H and O–H groups in total. The first-order chi connectivity index (χ1) is 9.61. The summed E-state index contributed by atoms with van der Waals surface area (Å²) < 4.78 is 9.62. The highest BCUT2D eigenvalue weighted by Gasteiger charge is 2.18. The number of rotatable bonds is 6. The average molecular weight is 292 g/mol. The first-order valence-electron chi connectivity index (χ1n) is 6.87. The van der Waals surface area contributed by atoms with Crippen LogP contribution in [0.15, 0.2) is 24.3 Å².